The van der Waals surface area contributed by atoms with Crippen LogP contribution in [-0.2, 0) is 32.2 Å². The van der Waals surface area contributed by atoms with Crippen molar-refractivity contribution in [1.82, 2.24) is 14.4 Å². The molecule has 2 atom stereocenters. The lowest BCUT2D eigenvalue weighted by molar-refractivity contribution is -0.169. The fourth-order valence-electron chi connectivity index (χ4n) is 5.47. The third kappa shape index (κ3) is 7.54. The first-order valence-electron chi connectivity index (χ1n) is 15.1. The van der Waals surface area contributed by atoms with Gasteiger partial charge in [-0.15, -0.1) is 0 Å². The highest BCUT2D eigenvalue weighted by atomic mass is 35.5. The minimum Gasteiger partial charge on any atom is -0.379 e. The van der Waals surface area contributed by atoms with Crippen LogP contribution in [-0.4, -0.2) is 46.4 Å². The number of carbonyl (C=O) groups is 1. The number of aromatic nitrogens is 3. The molecule has 1 aromatic carbocycles. The van der Waals surface area contributed by atoms with Gasteiger partial charge in [0, 0.05) is 60.1 Å². The van der Waals surface area contributed by atoms with E-state index in [9.17, 15) is 4.79 Å². The Labute approximate surface area is 256 Å². The van der Waals surface area contributed by atoms with Crippen molar-refractivity contribution in [3.8, 4) is 0 Å². The molecule has 3 heterocycles. The van der Waals surface area contributed by atoms with Gasteiger partial charge in [-0.1, -0.05) is 23.7 Å². The van der Waals surface area contributed by atoms with E-state index in [0.29, 0.717) is 49.7 Å². The Kier molecular flexibility index (Phi) is 9.23. The van der Waals surface area contributed by atoms with Gasteiger partial charge in [-0.2, -0.15) is 0 Å². The van der Waals surface area contributed by atoms with Crippen LogP contribution in [0.25, 0.3) is 5.65 Å². The quantitative estimate of drug-likeness (QED) is 0.149. The molecule has 2 saturated carbocycles. The van der Waals surface area contributed by atoms with Crippen molar-refractivity contribution in [1.29, 1.82) is 0 Å². The van der Waals surface area contributed by atoms with Crippen LogP contribution in [0, 0.1) is 5.92 Å². The SMILES string of the molecule is CCOC(COCc1cc(C2CC2)cn2cc(CNc3ccnc(NC(=O)[C@H]4C[C@@H]4c4cccc(Cl)c4)c3)nc12)OCC. The van der Waals surface area contributed by atoms with Gasteiger partial charge in [0.2, 0.25) is 5.91 Å². The van der Waals surface area contributed by atoms with E-state index in [2.05, 4.69) is 38.5 Å². The number of fused-ring (bicyclic) bond motifs is 1. The minimum atomic E-state index is -0.374. The molecule has 0 saturated heterocycles. The molecule has 9 nitrogen and oxygen atoms in total. The molecule has 2 N–H and O–H groups in total. The summed E-state index contributed by atoms with van der Waals surface area (Å²) in [6.07, 6.45) is 8.81. The van der Waals surface area contributed by atoms with Crippen LogP contribution in [0.15, 0.2) is 61.1 Å². The van der Waals surface area contributed by atoms with Crippen molar-refractivity contribution >= 4 is 34.7 Å². The number of hydrogen-bond acceptors (Lipinski definition) is 7. The van der Waals surface area contributed by atoms with Crippen LogP contribution in [0.3, 0.4) is 0 Å². The van der Waals surface area contributed by atoms with Crippen LogP contribution in [0.5, 0.6) is 0 Å². The summed E-state index contributed by atoms with van der Waals surface area (Å²) < 4.78 is 19.4. The Morgan fingerprint density at radius 2 is 1.93 bits per heavy atom. The average molecular weight is 604 g/mol. The molecule has 2 aliphatic carbocycles. The zero-order chi connectivity index (χ0) is 29.8. The van der Waals surface area contributed by atoms with E-state index in [1.54, 1.807) is 6.20 Å². The normalized spacial score (nSPS) is 17.9. The average Bonchev–Trinajstić information content (AvgIpc) is 3.93. The molecule has 10 heteroatoms. The minimum absolute atomic E-state index is 0.0231. The summed E-state index contributed by atoms with van der Waals surface area (Å²) in [4.78, 5) is 22.2. The first-order valence-corrected chi connectivity index (χ1v) is 15.5. The molecule has 0 radical (unpaired) electrons. The fraction of sp³-hybridized carbons (Fsp3) is 0.424. The highest BCUT2D eigenvalue weighted by Gasteiger charge is 2.44. The van der Waals surface area contributed by atoms with Gasteiger partial charge < -0.3 is 29.2 Å². The Balaban J connectivity index is 1.08. The molecule has 0 bridgehead atoms. The molecule has 3 aromatic heterocycles. The van der Waals surface area contributed by atoms with Gasteiger partial charge in [-0.25, -0.2) is 9.97 Å². The van der Waals surface area contributed by atoms with Crippen molar-refractivity contribution in [3.05, 3.63) is 88.5 Å². The maximum Gasteiger partial charge on any atom is 0.229 e. The summed E-state index contributed by atoms with van der Waals surface area (Å²) in [5.41, 5.74) is 6.10. The van der Waals surface area contributed by atoms with E-state index in [4.69, 9.17) is 30.8 Å². The number of imidazole rings is 1. The van der Waals surface area contributed by atoms with Gasteiger partial charge in [0.1, 0.15) is 11.5 Å². The molecule has 2 aliphatic rings. The van der Waals surface area contributed by atoms with Gasteiger partial charge >= 0.3 is 0 Å². The first-order chi connectivity index (χ1) is 21.0. The number of nitrogens with zero attached hydrogens (tertiary/aromatic N) is 3. The van der Waals surface area contributed by atoms with Gasteiger partial charge in [0.25, 0.3) is 0 Å². The van der Waals surface area contributed by atoms with Crippen molar-refractivity contribution < 1.29 is 19.0 Å². The zero-order valence-electron chi connectivity index (χ0n) is 24.6. The smallest absolute Gasteiger partial charge is 0.229 e. The second-order valence-electron chi connectivity index (χ2n) is 11.2. The van der Waals surface area contributed by atoms with Gasteiger partial charge in [0.15, 0.2) is 6.29 Å². The van der Waals surface area contributed by atoms with Crippen molar-refractivity contribution in [2.45, 2.75) is 64.4 Å². The number of rotatable bonds is 15. The van der Waals surface area contributed by atoms with Crippen LogP contribution >= 0.6 is 11.6 Å². The van der Waals surface area contributed by atoms with Crippen molar-refractivity contribution in [2.24, 2.45) is 5.92 Å². The van der Waals surface area contributed by atoms with E-state index in [0.717, 1.165) is 34.6 Å². The summed E-state index contributed by atoms with van der Waals surface area (Å²) in [6.45, 7) is 6.35. The summed E-state index contributed by atoms with van der Waals surface area (Å²) in [6, 6.07) is 13.7. The molecular weight excluding hydrogens is 566 g/mol. The molecule has 6 rings (SSSR count). The van der Waals surface area contributed by atoms with E-state index in [-0.39, 0.29) is 24.0 Å². The van der Waals surface area contributed by atoms with Crippen LogP contribution in [0.1, 0.15) is 67.3 Å². The van der Waals surface area contributed by atoms with E-state index in [1.807, 2.05) is 50.2 Å². The second-order valence-corrected chi connectivity index (χ2v) is 11.6. The number of carbonyl (C=O) groups excluding carboxylic acids is 1. The van der Waals surface area contributed by atoms with Gasteiger partial charge in [-0.3, -0.25) is 4.79 Å². The number of amides is 1. The van der Waals surface area contributed by atoms with Crippen LogP contribution in [0.2, 0.25) is 5.02 Å². The molecule has 1 amide bonds. The molecule has 0 aliphatic heterocycles. The van der Waals surface area contributed by atoms with Crippen LogP contribution < -0.4 is 10.6 Å². The summed E-state index contributed by atoms with van der Waals surface area (Å²) in [5.74, 6) is 1.23. The Bertz CT molecular complexity index is 1570. The maximum absolute atomic E-state index is 12.9. The lowest BCUT2D eigenvalue weighted by Crippen LogP contribution is -2.23. The van der Waals surface area contributed by atoms with Crippen LogP contribution in [0.4, 0.5) is 11.5 Å². The Hall–Kier alpha value is -3.50. The molecule has 43 heavy (non-hydrogen) atoms. The molecular formula is C33H38ClN5O4. The van der Waals surface area contributed by atoms with E-state index >= 15 is 0 Å². The number of benzene rings is 1. The topological polar surface area (TPSA) is 99.0 Å². The maximum atomic E-state index is 12.9. The Morgan fingerprint density at radius 1 is 1.09 bits per heavy atom. The molecule has 0 unspecified atom stereocenters. The van der Waals surface area contributed by atoms with Crippen molar-refractivity contribution in [3.63, 3.8) is 0 Å². The molecule has 0 spiro atoms. The Morgan fingerprint density at radius 3 is 2.70 bits per heavy atom. The molecule has 226 valence electrons. The number of halogens is 1. The number of anilines is 2. The highest BCUT2D eigenvalue weighted by Crippen LogP contribution is 2.48. The predicted molar refractivity (Wildman–Crippen MR) is 166 cm³/mol. The second kappa shape index (κ2) is 13.4. The van der Waals surface area contributed by atoms with Crippen molar-refractivity contribution in [2.75, 3.05) is 30.5 Å². The van der Waals surface area contributed by atoms with E-state index < -0.39 is 0 Å². The number of nitrogens with one attached hydrogen (secondary N) is 2. The largest absolute Gasteiger partial charge is 0.379 e. The van der Waals surface area contributed by atoms with E-state index in [1.165, 1.54) is 18.4 Å². The third-order valence-electron chi connectivity index (χ3n) is 7.85. The fourth-order valence-corrected chi connectivity index (χ4v) is 5.67. The van der Waals surface area contributed by atoms with Gasteiger partial charge in [0.05, 0.1) is 25.5 Å². The number of ether oxygens (including phenoxy) is 3. The monoisotopic (exact) mass is 603 g/mol. The predicted octanol–water partition coefficient (Wildman–Crippen LogP) is 6.53. The van der Waals surface area contributed by atoms with Gasteiger partial charge in [-0.05, 0) is 80.3 Å². The zero-order valence-corrected chi connectivity index (χ0v) is 25.3. The lowest BCUT2D eigenvalue weighted by Gasteiger charge is -2.17. The summed E-state index contributed by atoms with van der Waals surface area (Å²) in [7, 11) is 0. The first kappa shape index (κ1) is 29.6. The summed E-state index contributed by atoms with van der Waals surface area (Å²) in [5, 5.41) is 7.10. The lowest BCUT2D eigenvalue weighted by atomic mass is 10.1. The standard InChI is InChI=1S/C33H38ClN5O4/c1-3-42-31(43-4-2)20-41-19-24-12-23(21-8-9-21)17-39-18-27(37-32(24)39)16-36-26-10-11-35-30(14-26)38-33(40)29-15-28(29)22-6-5-7-25(34)13-22/h5-7,10-14,17-18,21,28-29,31H,3-4,8-9,15-16,19-20H2,1-2H3,(H2,35,36,38,40)/t28-,29+/m1/s1. The highest BCUT2D eigenvalue weighted by molar-refractivity contribution is 6.30. The third-order valence-corrected chi connectivity index (χ3v) is 8.09. The number of hydrogen-bond donors (Lipinski definition) is 2. The summed E-state index contributed by atoms with van der Waals surface area (Å²) >= 11 is 6.13. The molecule has 4 aromatic rings. The molecule has 2 fully saturated rings. The number of pyridine rings is 2.